The molecule has 1 aromatic rings. The van der Waals surface area contributed by atoms with Gasteiger partial charge in [-0.25, -0.2) is 0 Å². The molecule has 1 saturated heterocycles. The summed E-state index contributed by atoms with van der Waals surface area (Å²) in [7, 11) is 0. The average molecular weight is 339 g/mol. The van der Waals surface area contributed by atoms with Crippen LogP contribution in [0.25, 0.3) is 0 Å². The minimum atomic E-state index is -0.491. The third kappa shape index (κ3) is 2.56. The van der Waals surface area contributed by atoms with Gasteiger partial charge in [-0.3, -0.25) is 0 Å². The lowest BCUT2D eigenvalue weighted by atomic mass is 9.77. The highest BCUT2D eigenvalue weighted by Gasteiger charge is 2.53. The first-order valence-corrected chi connectivity index (χ1v) is 8.42. The van der Waals surface area contributed by atoms with Crippen LogP contribution in [0.3, 0.4) is 0 Å². The van der Waals surface area contributed by atoms with Crippen LogP contribution >= 0.6 is 15.9 Å². The standard InChI is InChI=1S/C17H23BrO2/c1-16(2)11-19-17(20-12-16)14(9-6-10-15(17)18)13-7-4-3-5-8-13/h3-5,7-8,14-15H,6,9-12H2,1-2H3/t14-,15+/m1/s1. The molecule has 2 fully saturated rings. The van der Waals surface area contributed by atoms with Crippen LogP contribution in [0.4, 0.5) is 0 Å². The topological polar surface area (TPSA) is 18.5 Å². The molecule has 0 bridgehead atoms. The summed E-state index contributed by atoms with van der Waals surface area (Å²) in [6.45, 7) is 5.92. The number of alkyl halides is 1. The first-order valence-electron chi connectivity index (χ1n) is 7.50. The van der Waals surface area contributed by atoms with Crippen molar-refractivity contribution in [1.82, 2.24) is 0 Å². The summed E-state index contributed by atoms with van der Waals surface area (Å²) in [5.74, 6) is -0.173. The lowest BCUT2D eigenvalue weighted by Crippen LogP contribution is -2.57. The first kappa shape index (κ1) is 14.6. The first-order chi connectivity index (χ1) is 9.54. The predicted octanol–water partition coefficient (Wildman–Crippen LogP) is 4.49. The van der Waals surface area contributed by atoms with Crippen LogP contribution in [0.2, 0.25) is 0 Å². The highest BCUT2D eigenvalue weighted by Crippen LogP contribution is 2.50. The third-order valence-electron chi connectivity index (χ3n) is 4.45. The highest BCUT2D eigenvalue weighted by molar-refractivity contribution is 9.09. The average Bonchev–Trinajstić information content (AvgIpc) is 2.45. The molecule has 0 radical (unpaired) electrons. The molecule has 20 heavy (non-hydrogen) atoms. The molecule has 0 N–H and O–H groups in total. The van der Waals surface area contributed by atoms with Gasteiger partial charge < -0.3 is 9.47 Å². The monoisotopic (exact) mass is 338 g/mol. The van der Waals surface area contributed by atoms with Gasteiger partial charge in [0, 0.05) is 11.3 Å². The van der Waals surface area contributed by atoms with E-state index in [1.54, 1.807) is 0 Å². The van der Waals surface area contributed by atoms with E-state index in [9.17, 15) is 0 Å². The van der Waals surface area contributed by atoms with Crippen molar-refractivity contribution < 1.29 is 9.47 Å². The molecular formula is C17H23BrO2. The van der Waals surface area contributed by atoms with Gasteiger partial charge in [-0.1, -0.05) is 66.5 Å². The van der Waals surface area contributed by atoms with Crippen molar-refractivity contribution in [2.24, 2.45) is 5.41 Å². The second kappa shape index (κ2) is 5.43. The van der Waals surface area contributed by atoms with Crippen LogP contribution in [0.15, 0.2) is 30.3 Å². The van der Waals surface area contributed by atoms with Gasteiger partial charge in [0.05, 0.1) is 18.0 Å². The number of hydrogen-bond acceptors (Lipinski definition) is 2. The van der Waals surface area contributed by atoms with Gasteiger partial charge in [-0.15, -0.1) is 0 Å². The zero-order valence-electron chi connectivity index (χ0n) is 12.3. The van der Waals surface area contributed by atoms with E-state index >= 15 is 0 Å². The Hall–Kier alpha value is -0.380. The molecule has 2 aliphatic rings. The zero-order valence-corrected chi connectivity index (χ0v) is 13.9. The number of rotatable bonds is 1. The summed E-state index contributed by atoms with van der Waals surface area (Å²) < 4.78 is 12.7. The van der Waals surface area contributed by atoms with Crippen LogP contribution in [0, 0.1) is 5.41 Å². The summed E-state index contributed by atoms with van der Waals surface area (Å²) in [5.41, 5.74) is 1.44. The molecule has 2 atom stereocenters. The minimum absolute atomic E-state index is 0.108. The van der Waals surface area contributed by atoms with Gasteiger partial charge in [0.1, 0.15) is 0 Å². The Morgan fingerprint density at radius 2 is 1.70 bits per heavy atom. The van der Waals surface area contributed by atoms with Crippen LogP contribution in [0.5, 0.6) is 0 Å². The van der Waals surface area contributed by atoms with Crippen molar-refractivity contribution in [3.8, 4) is 0 Å². The van der Waals surface area contributed by atoms with Gasteiger partial charge in [0.2, 0.25) is 0 Å². The lowest BCUT2D eigenvalue weighted by Gasteiger charge is -2.52. The molecule has 2 nitrogen and oxygen atoms in total. The van der Waals surface area contributed by atoms with Crippen LogP contribution in [0.1, 0.15) is 44.6 Å². The smallest absolute Gasteiger partial charge is 0.187 e. The summed E-state index contributed by atoms with van der Waals surface area (Å²) in [6, 6.07) is 10.7. The molecule has 0 aromatic heterocycles. The summed E-state index contributed by atoms with van der Waals surface area (Å²) in [5, 5.41) is 0. The number of benzene rings is 1. The molecular weight excluding hydrogens is 316 g/mol. The number of hydrogen-bond donors (Lipinski definition) is 0. The largest absolute Gasteiger partial charge is 0.348 e. The third-order valence-corrected chi connectivity index (χ3v) is 5.55. The summed E-state index contributed by atoms with van der Waals surface area (Å²) in [6.07, 6.45) is 3.46. The molecule has 1 aliphatic carbocycles. The molecule has 1 aliphatic heterocycles. The Balaban J connectivity index is 1.92. The van der Waals surface area contributed by atoms with Crippen molar-refractivity contribution in [3.05, 3.63) is 35.9 Å². The number of halogens is 1. The van der Waals surface area contributed by atoms with Crippen molar-refractivity contribution in [2.45, 2.75) is 49.6 Å². The van der Waals surface area contributed by atoms with Crippen molar-refractivity contribution in [1.29, 1.82) is 0 Å². The Bertz CT molecular complexity index is 447. The van der Waals surface area contributed by atoms with Crippen LogP contribution in [-0.2, 0) is 9.47 Å². The molecule has 1 aromatic carbocycles. The maximum atomic E-state index is 6.33. The summed E-state index contributed by atoms with van der Waals surface area (Å²) >= 11 is 3.83. The Labute approximate surface area is 130 Å². The van der Waals surface area contributed by atoms with Crippen molar-refractivity contribution in [2.75, 3.05) is 13.2 Å². The fourth-order valence-electron chi connectivity index (χ4n) is 3.29. The van der Waals surface area contributed by atoms with Gasteiger partial charge in [-0.2, -0.15) is 0 Å². The second-order valence-corrected chi connectivity index (χ2v) is 7.93. The van der Waals surface area contributed by atoms with E-state index in [0.717, 1.165) is 26.1 Å². The zero-order chi connectivity index (χ0) is 14.2. The highest BCUT2D eigenvalue weighted by atomic mass is 79.9. The molecule has 0 unspecified atom stereocenters. The van der Waals surface area contributed by atoms with Crippen LogP contribution < -0.4 is 0 Å². The fraction of sp³-hybridized carbons (Fsp3) is 0.647. The molecule has 3 rings (SSSR count). The summed E-state index contributed by atoms with van der Waals surface area (Å²) in [4.78, 5) is 0.269. The van der Waals surface area contributed by atoms with E-state index in [1.165, 1.54) is 12.0 Å². The van der Waals surface area contributed by atoms with E-state index in [0.29, 0.717) is 5.92 Å². The Morgan fingerprint density at radius 1 is 1.05 bits per heavy atom. The van der Waals surface area contributed by atoms with Crippen molar-refractivity contribution in [3.63, 3.8) is 0 Å². The van der Waals surface area contributed by atoms with Gasteiger partial charge in [0.15, 0.2) is 5.79 Å². The number of ether oxygens (including phenoxy) is 2. The van der Waals surface area contributed by atoms with E-state index < -0.39 is 5.79 Å². The van der Waals surface area contributed by atoms with E-state index in [-0.39, 0.29) is 10.2 Å². The molecule has 1 saturated carbocycles. The molecule has 110 valence electrons. The van der Waals surface area contributed by atoms with Crippen molar-refractivity contribution >= 4 is 15.9 Å². The predicted molar refractivity (Wildman–Crippen MR) is 84.2 cm³/mol. The van der Waals surface area contributed by atoms with Crippen LogP contribution in [-0.4, -0.2) is 23.8 Å². The molecule has 1 spiro atoms. The molecule has 1 heterocycles. The van der Waals surface area contributed by atoms with Gasteiger partial charge in [-0.05, 0) is 18.4 Å². The maximum Gasteiger partial charge on any atom is 0.187 e. The van der Waals surface area contributed by atoms with E-state index in [2.05, 4.69) is 60.1 Å². The second-order valence-electron chi connectivity index (χ2n) is 6.82. The van der Waals surface area contributed by atoms with E-state index in [4.69, 9.17) is 9.47 Å². The normalized spacial score (nSPS) is 32.1. The maximum absolute atomic E-state index is 6.33. The molecule has 3 heteroatoms. The van der Waals surface area contributed by atoms with Gasteiger partial charge >= 0.3 is 0 Å². The van der Waals surface area contributed by atoms with E-state index in [1.807, 2.05) is 0 Å². The minimum Gasteiger partial charge on any atom is -0.348 e. The fourth-order valence-corrected chi connectivity index (χ4v) is 4.20. The lowest BCUT2D eigenvalue weighted by molar-refractivity contribution is -0.314. The SMILES string of the molecule is CC1(C)COC2(OC1)[C@@H](c1ccccc1)CCC[C@@H]2Br. The quantitative estimate of drug-likeness (QED) is 0.702. The Morgan fingerprint density at radius 3 is 2.35 bits per heavy atom. The molecule has 0 amide bonds. The Kier molecular flexibility index (Phi) is 3.95. The van der Waals surface area contributed by atoms with Gasteiger partial charge in [0.25, 0.3) is 0 Å².